The van der Waals surface area contributed by atoms with Gasteiger partial charge in [-0.25, -0.2) is 4.79 Å². The Kier molecular flexibility index (Phi) is 4.41. The van der Waals surface area contributed by atoms with Crippen LogP contribution in [0.15, 0.2) is 24.3 Å². The highest BCUT2D eigenvalue weighted by molar-refractivity contribution is 6.09. The van der Waals surface area contributed by atoms with Crippen LogP contribution in [0.1, 0.15) is 25.3 Å². The van der Waals surface area contributed by atoms with Crippen LogP contribution in [-0.2, 0) is 16.1 Å². The van der Waals surface area contributed by atoms with Crippen LogP contribution in [0.2, 0.25) is 0 Å². The van der Waals surface area contributed by atoms with Crippen LogP contribution in [0.4, 0.5) is 10.5 Å². The SMILES string of the molecule is CN(C)c1ccc(CNC(=O)CN2C(=O)N[C@](C)(C3CC3)C2=O)cc1. The van der Waals surface area contributed by atoms with E-state index in [0.717, 1.165) is 29.0 Å². The first-order chi connectivity index (χ1) is 11.8. The zero-order valence-electron chi connectivity index (χ0n) is 14.8. The van der Waals surface area contributed by atoms with Crippen LogP contribution in [0.5, 0.6) is 0 Å². The molecule has 1 atom stereocenters. The Balaban J connectivity index is 1.54. The number of carbonyl (C=O) groups excluding carboxylic acids is 3. The average Bonchev–Trinajstić information content (AvgIpc) is 3.39. The van der Waals surface area contributed by atoms with Gasteiger partial charge in [-0.3, -0.25) is 14.5 Å². The second-order valence-corrected chi connectivity index (χ2v) is 7.14. The topological polar surface area (TPSA) is 81.8 Å². The number of urea groups is 1. The highest BCUT2D eigenvalue weighted by Crippen LogP contribution is 2.42. The second-order valence-electron chi connectivity index (χ2n) is 7.14. The minimum Gasteiger partial charge on any atom is -0.378 e. The maximum Gasteiger partial charge on any atom is 0.325 e. The Morgan fingerprint density at radius 1 is 1.28 bits per heavy atom. The maximum atomic E-state index is 12.5. The fraction of sp³-hybridized carbons (Fsp3) is 0.500. The number of carbonyl (C=O) groups is 3. The average molecular weight is 344 g/mol. The van der Waals surface area contributed by atoms with Crippen molar-refractivity contribution >= 4 is 23.5 Å². The second kappa shape index (κ2) is 6.38. The van der Waals surface area contributed by atoms with Crippen LogP contribution in [0.3, 0.4) is 0 Å². The number of hydrogen-bond acceptors (Lipinski definition) is 4. The largest absolute Gasteiger partial charge is 0.378 e. The first kappa shape index (κ1) is 17.3. The molecule has 1 saturated carbocycles. The van der Waals surface area contributed by atoms with E-state index in [0.29, 0.717) is 6.54 Å². The number of hydrogen-bond donors (Lipinski definition) is 2. The third-order valence-electron chi connectivity index (χ3n) is 4.94. The lowest BCUT2D eigenvalue weighted by molar-refractivity contribution is -0.135. The summed E-state index contributed by atoms with van der Waals surface area (Å²) in [6.45, 7) is 1.86. The van der Waals surface area contributed by atoms with E-state index in [2.05, 4.69) is 10.6 Å². The number of nitrogens with zero attached hydrogens (tertiary/aromatic N) is 2. The van der Waals surface area contributed by atoms with Crippen LogP contribution >= 0.6 is 0 Å². The Labute approximate surface area is 147 Å². The first-order valence-electron chi connectivity index (χ1n) is 8.48. The molecule has 0 aromatic heterocycles. The summed E-state index contributed by atoms with van der Waals surface area (Å²) in [4.78, 5) is 39.7. The van der Waals surface area contributed by atoms with Crippen molar-refractivity contribution in [2.45, 2.75) is 31.8 Å². The molecule has 134 valence electrons. The Morgan fingerprint density at radius 2 is 1.92 bits per heavy atom. The predicted molar refractivity (Wildman–Crippen MR) is 94.0 cm³/mol. The van der Waals surface area contributed by atoms with Crippen molar-refractivity contribution in [3.05, 3.63) is 29.8 Å². The van der Waals surface area contributed by atoms with Crippen molar-refractivity contribution in [2.24, 2.45) is 5.92 Å². The number of rotatable bonds is 6. The molecule has 0 radical (unpaired) electrons. The third kappa shape index (κ3) is 3.45. The summed E-state index contributed by atoms with van der Waals surface area (Å²) in [5, 5.41) is 5.50. The zero-order valence-corrected chi connectivity index (χ0v) is 14.8. The lowest BCUT2D eigenvalue weighted by Gasteiger charge is -2.20. The third-order valence-corrected chi connectivity index (χ3v) is 4.94. The molecular weight excluding hydrogens is 320 g/mol. The van der Waals surface area contributed by atoms with Crippen LogP contribution in [0.25, 0.3) is 0 Å². The number of amides is 4. The van der Waals surface area contributed by atoms with E-state index in [9.17, 15) is 14.4 Å². The molecule has 0 unspecified atom stereocenters. The van der Waals surface area contributed by atoms with Crippen LogP contribution in [0, 0.1) is 5.92 Å². The molecule has 1 aliphatic heterocycles. The minimum absolute atomic E-state index is 0.187. The molecule has 1 aliphatic carbocycles. The summed E-state index contributed by atoms with van der Waals surface area (Å²) in [5.74, 6) is -0.460. The van der Waals surface area contributed by atoms with E-state index in [1.807, 2.05) is 43.3 Å². The van der Waals surface area contributed by atoms with Crippen molar-refractivity contribution in [1.29, 1.82) is 0 Å². The molecule has 7 nitrogen and oxygen atoms in total. The van der Waals surface area contributed by atoms with E-state index in [-0.39, 0.29) is 24.3 Å². The van der Waals surface area contributed by atoms with E-state index in [1.165, 1.54) is 0 Å². The van der Waals surface area contributed by atoms with Crippen molar-refractivity contribution in [1.82, 2.24) is 15.5 Å². The molecule has 2 aliphatic rings. The molecule has 3 rings (SSSR count). The number of anilines is 1. The van der Waals surface area contributed by atoms with Gasteiger partial charge in [0.05, 0.1) is 0 Å². The maximum absolute atomic E-state index is 12.5. The molecule has 4 amide bonds. The molecule has 7 heteroatoms. The van der Waals surface area contributed by atoms with Gasteiger partial charge in [0.1, 0.15) is 12.1 Å². The standard InChI is InChI=1S/C18H24N4O3/c1-18(13-6-7-13)16(24)22(17(25)20-18)11-15(23)19-10-12-4-8-14(9-5-12)21(2)3/h4-5,8-9,13H,6-7,10-11H2,1-3H3,(H,19,23)(H,20,25)/t18-/m1/s1. The molecule has 0 spiro atoms. The summed E-state index contributed by atoms with van der Waals surface area (Å²) in [5.41, 5.74) is 1.19. The van der Waals surface area contributed by atoms with Crippen LogP contribution < -0.4 is 15.5 Å². The molecule has 1 aromatic carbocycles. The first-order valence-corrected chi connectivity index (χ1v) is 8.48. The van der Waals surface area contributed by atoms with Gasteiger partial charge in [0.15, 0.2) is 0 Å². The summed E-state index contributed by atoms with van der Waals surface area (Å²) in [7, 11) is 3.93. The number of nitrogens with one attached hydrogen (secondary N) is 2. The van der Waals surface area contributed by atoms with Gasteiger partial charge >= 0.3 is 6.03 Å². The fourth-order valence-electron chi connectivity index (χ4n) is 3.11. The van der Waals surface area contributed by atoms with E-state index < -0.39 is 11.6 Å². The van der Waals surface area contributed by atoms with Gasteiger partial charge in [0, 0.05) is 26.3 Å². The normalized spacial score (nSPS) is 22.8. The molecule has 1 saturated heterocycles. The monoisotopic (exact) mass is 344 g/mol. The zero-order chi connectivity index (χ0) is 18.2. The lowest BCUT2D eigenvalue weighted by Crippen LogP contribution is -2.46. The molecule has 2 N–H and O–H groups in total. The lowest BCUT2D eigenvalue weighted by atomic mass is 9.96. The minimum atomic E-state index is -0.848. The number of benzene rings is 1. The summed E-state index contributed by atoms with van der Waals surface area (Å²) in [6, 6.07) is 7.34. The fourth-order valence-corrected chi connectivity index (χ4v) is 3.11. The molecule has 1 aromatic rings. The summed E-state index contributed by atoms with van der Waals surface area (Å²) < 4.78 is 0. The Hall–Kier alpha value is -2.57. The molecule has 25 heavy (non-hydrogen) atoms. The van der Waals surface area contributed by atoms with E-state index in [4.69, 9.17) is 0 Å². The highest BCUT2D eigenvalue weighted by atomic mass is 16.2. The van der Waals surface area contributed by atoms with Gasteiger partial charge in [0.2, 0.25) is 5.91 Å². The Morgan fingerprint density at radius 3 is 2.48 bits per heavy atom. The molecule has 2 fully saturated rings. The van der Waals surface area contributed by atoms with Gasteiger partial charge < -0.3 is 15.5 Å². The van der Waals surface area contributed by atoms with Crippen LogP contribution in [-0.4, -0.2) is 48.9 Å². The smallest absolute Gasteiger partial charge is 0.325 e. The van der Waals surface area contributed by atoms with Gasteiger partial charge in [0.25, 0.3) is 5.91 Å². The van der Waals surface area contributed by atoms with Crippen molar-refractivity contribution < 1.29 is 14.4 Å². The number of imide groups is 1. The van der Waals surface area contributed by atoms with Gasteiger partial charge in [-0.1, -0.05) is 12.1 Å². The molecular formula is C18H24N4O3. The quantitative estimate of drug-likeness (QED) is 0.757. The van der Waals surface area contributed by atoms with Gasteiger partial charge in [-0.15, -0.1) is 0 Å². The predicted octanol–water partition coefficient (Wildman–Crippen LogP) is 1.09. The van der Waals surface area contributed by atoms with Gasteiger partial charge in [-0.05, 0) is 43.4 Å². The summed E-state index contributed by atoms with van der Waals surface area (Å²) in [6.07, 6.45) is 1.87. The van der Waals surface area contributed by atoms with E-state index in [1.54, 1.807) is 6.92 Å². The Bertz CT molecular complexity index is 697. The molecule has 0 bridgehead atoms. The van der Waals surface area contributed by atoms with Crippen molar-refractivity contribution in [3.8, 4) is 0 Å². The van der Waals surface area contributed by atoms with Crippen molar-refractivity contribution in [2.75, 3.05) is 25.5 Å². The van der Waals surface area contributed by atoms with Crippen molar-refractivity contribution in [3.63, 3.8) is 0 Å². The highest BCUT2D eigenvalue weighted by Gasteiger charge is 2.56. The molecule has 1 heterocycles. The van der Waals surface area contributed by atoms with Gasteiger partial charge in [-0.2, -0.15) is 0 Å². The summed E-state index contributed by atoms with van der Waals surface area (Å²) >= 11 is 0. The van der Waals surface area contributed by atoms with E-state index >= 15 is 0 Å².